The quantitative estimate of drug-likeness (QED) is 0.178. The highest BCUT2D eigenvalue weighted by molar-refractivity contribution is 6.01. The van der Waals surface area contributed by atoms with Crippen LogP contribution in [0.5, 0.6) is 34.5 Å². The van der Waals surface area contributed by atoms with E-state index in [1.165, 1.54) is 28.4 Å². The minimum atomic E-state index is -0.874. The lowest BCUT2D eigenvalue weighted by molar-refractivity contribution is -0.167. The molecule has 0 radical (unpaired) electrons. The van der Waals surface area contributed by atoms with Gasteiger partial charge in [-0.1, -0.05) is 36.4 Å². The van der Waals surface area contributed by atoms with Crippen molar-refractivity contribution < 1.29 is 38.7 Å². The van der Waals surface area contributed by atoms with Crippen molar-refractivity contribution in [1.82, 2.24) is 19.8 Å². The highest BCUT2D eigenvalue weighted by atomic mass is 16.5. The standard InChI is InChI=1S/C40H36N4O8/c1-49-29-13-19(14-30(50-2)37(29)45)35-33-23(21-9-5-7-11-25(21)41-33)17-27-40(48)44-28(39(47)43(27)35)18-24-22-10-6-8-12-26(22)42-34(24)36(44)20-15-31(51-3)38(46)32(16-20)52-4/h5-16,27-28,35-36,41-42,45-46H,17-18H2,1-4H3/t27-,28-,35+,36+/m0/s1. The highest BCUT2D eigenvalue weighted by Crippen LogP contribution is 2.51. The van der Waals surface area contributed by atoms with Crippen LogP contribution in [0.4, 0.5) is 0 Å². The molecule has 5 heterocycles. The average Bonchev–Trinajstić information content (AvgIpc) is 3.74. The number of methoxy groups -OCH3 is 4. The van der Waals surface area contributed by atoms with Gasteiger partial charge in [-0.15, -0.1) is 0 Å². The Morgan fingerprint density at radius 3 is 1.27 bits per heavy atom. The van der Waals surface area contributed by atoms with E-state index < -0.39 is 24.2 Å². The van der Waals surface area contributed by atoms with Gasteiger partial charge in [-0.3, -0.25) is 9.59 Å². The second kappa shape index (κ2) is 11.6. The summed E-state index contributed by atoms with van der Waals surface area (Å²) >= 11 is 0. The second-order valence-corrected chi connectivity index (χ2v) is 13.4. The molecule has 1 saturated heterocycles. The zero-order valence-corrected chi connectivity index (χ0v) is 28.9. The Bertz CT molecular complexity index is 2230. The number of para-hydroxylation sites is 2. The van der Waals surface area contributed by atoms with E-state index in [9.17, 15) is 10.2 Å². The van der Waals surface area contributed by atoms with Crippen LogP contribution in [0.1, 0.15) is 45.7 Å². The molecule has 12 nitrogen and oxygen atoms in total. The maximum atomic E-state index is 15.4. The van der Waals surface area contributed by atoms with E-state index in [1.54, 1.807) is 34.1 Å². The van der Waals surface area contributed by atoms with Crippen molar-refractivity contribution in [3.63, 3.8) is 0 Å². The van der Waals surface area contributed by atoms with E-state index in [2.05, 4.69) is 9.97 Å². The van der Waals surface area contributed by atoms with Gasteiger partial charge in [0, 0.05) is 46.0 Å². The van der Waals surface area contributed by atoms with Gasteiger partial charge in [-0.2, -0.15) is 0 Å². The van der Waals surface area contributed by atoms with Crippen LogP contribution in [0.2, 0.25) is 0 Å². The number of ether oxygens (including phenoxy) is 4. The Morgan fingerprint density at radius 2 is 0.923 bits per heavy atom. The highest BCUT2D eigenvalue weighted by Gasteiger charge is 2.56. The number of fused-ring (bicyclic) bond motifs is 8. The number of H-pyrrole nitrogens is 2. The molecule has 12 heteroatoms. The third-order valence-corrected chi connectivity index (χ3v) is 11.0. The van der Waals surface area contributed by atoms with Gasteiger partial charge in [0.1, 0.15) is 12.1 Å². The number of rotatable bonds is 6. The van der Waals surface area contributed by atoms with Crippen LogP contribution in [-0.4, -0.2) is 82.3 Å². The number of amides is 2. The predicted molar refractivity (Wildman–Crippen MR) is 191 cm³/mol. The molecule has 4 aromatic carbocycles. The van der Waals surface area contributed by atoms with Crippen LogP contribution in [0.15, 0.2) is 72.8 Å². The normalized spacial score (nSPS) is 20.7. The van der Waals surface area contributed by atoms with E-state index in [1.807, 2.05) is 48.5 Å². The summed E-state index contributed by atoms with van der Waals surface area (Å²) in [6.07, 6.45) is 0.564. The number of benzene rings is 4. The summed E-state index contributed by atoms with van der Waals surface area (Å²) in [7, 11) is 5.83. The molecule has 9 rings (SSSR count). The second-order valence-electron chi connectivity index (χ2n) is 13.4. The lowest BCUT2D eigenvalue weighted by Crippen LogP contribution is -2.69. The van der Waals surface area contributed by atoms with Gasteiger partial charge in [0.05, 0.1) is 40.5 Å². The molecular formula is C40H36N4O8. The maximum Gasteiger partial charge on any atom is 0.247 e. The van der Waals surface area contributed by atoms with E-state index in [-0.39, 0.29) is 59.2 Å². The zero-order valence-electron chi connectivity index (χ0n) is 28.9. The van der Waals surface area contributed by atoms with Crippen molar-refractivity contribution in [2.24, 2.45) is 0 Å². The number of hydrogen-bond donors (Lipinski definition) is 4. The number of aromatic amines is 2. The minimum Gasteiger partial charge on any atom is -0.502 e. The number of aromatic nitrogens is 2. The number of hydrogen-bond acceptors (Lipinski definition) is 8. The number of phenolic OH excluding ortho intramolecular Hbond substituents is 2. The summed E-state index contributed by atoms with van der Waals surface area (Å²) in [6, 6.07) is 19.4. The molecule has 3 aliphatic heterocycles. The van der Waals surface area contributed by atoms with Crippen LogP contribution in [0, 0.1) is 0 Å². The number of phenols is 2. The summed E-state index contributed by atoms with van der Waals surface area (Å²) in [5.74, 6) is -0.0252. The maximum absolute atomic E-state index is 15.4. The van der Waals surface area contributed by atoms with E-state index in [4.69, 9.17) is 18.9 Å². The molecule has 6 aromatic rings. The van der Waals surface area contributed by atoms with Gasteiger partial charge < -0.3 is 48.9 Å². The first-order valence-electron chi connectivity index (χ1n) is 17.0. The lowest BCUT2D eigenvalue weighted by Gasteiger charge is -2.53. The Kier molecular flexibility index (Phi) is 7.08. The summed E-state index contributed by atoms with van der Waals surface area (Å²) in [5.41, 5.74) is 6.44. The van der Waals surface area contributed by atoms with Crippen molar-refractivity contribution >= 4 is 33.6 Å². The Hall–Kier alpha value is -6.30. The van der Waals surface area contributed by atoms with Crippen molar-refractivity contribution in [2.75, 3.05) is 28.4 Å². The van der Waals surface area contributed by atoms with Crippen LogP contribution < -0.4 is 18.9 Å². The van der Waals surface area contributed by atoms with Crippen molar-refractivity contribution in [2.45, 2.75) is 37.0 Å². The summed E-state index contributed by atoms with van der Waals surface area (Å²) < 4.78 is 22.2. The molecule has 0 saturated carbocycles. The van der Waals surface area contributed by atoms with Crippen LogP contribution >= 0.6 is 0 Å². The number of piperazine rings is 1. The van der Waals surface area contributed by atoms with Gasteiger partial charge in [0.25, 0.3) is 0 Å². The van der Waals surface area contributed by atoms with E-state index >= 15 is 9.59 Å². The molecule has 52 heavy (non-hydrogen) atoms. The van der Waals surface area contributed by atoms with Crippen molar-refractivity contribution in [3.05, 3.63) is 106 Å². The van der Waals surface area contributed by atoms with Gasteiger partial charge in [0.15, 0.2) is 23.0 Å². The molecule has 2 amide bonds. The van der Waals surface area contributed by atoms with E-state index in [0.717, 1.165) is 44.3 Å². The Balaban J connectivity index is 1.28. The first-order valence-corrected chi connectivity index (χ1v) is 17.0. The molecule has 4 N–H and O–H groups in total. The Labute approximate surface area is 298 Å². The first-order chi connectivity index (χ1) is 25.3. The fourth-order valence-electron chi connectivity index (χ4n) is 8.69. The lowest BCUT2D eigenvalue weighted by atomic mass is 9.80. The smallest absolute Gasteiger partial charge is 0.247 e. The molecule has 0 unspecified atom stereocenters. The predicted octanol–water partition coefficient (Wildman–Crippen LogP) is 5.49. The minimum absolute atomic E-state index is 0.160. The van der Waals surface area contributed by atoms with Crippen LogP contribution in [0.3, 0.4) is 0 Å². The van der Waals surface area contributed by atoms with Crippen LogP contribution in [-0.2, 0) is 22.4 Å². The third-order valence-electron chi connectivity index (χ3n) is 11.0. The Morgan fingerprint density at radius 1 is 0.577 bits per heavy atom. The molecule has 0 spiro atoms. The zero-order chi connectivity index (χ0) is 36.0. The molecule has 4 atom stereocenters. The monoisotopic (exact) mass is 700 g/mol. The molecule has 264 valence electrons. The van der Waals surface area contributed by atoms with Crippen LogP contribution in [0.25, 0.3) is 21.8 Å². The average molecular weight is 701 g/mol. The number of carbonyl (C=O) groups excluding carboxylic acids is 2. The summed E-state index contributed by atoms with van der Waals surface area (Å²) in [4.78, 5) is 41.3. The molecule has 0 aliphatic carbocycles. The molecular weight excluding hydrogens is 664 g/mol. The largest absolute Gasteiger partial charge is 0.502 e. The first kappa shape index (κ1) is 31.7. The number of nitrogens with zero attached hydrogens (tertiary/aromatic N) is 2. The van der Waals surface area contributed by atoms with E-state index in [0.29, 0.717) is 11.1 Å². The summed E-state index contributed by atoms with van der Waals surface area (Å²) in [6.45, 7) is 0. The molecule has 1 fully saturated rings. The fourth-order valence-corrected chi connectivity index (χ4v) is 8.69. The molecule has 2 aromatic heterocycles. The van der Waals surface area contributed by atoms with Gasteiger partial charge in [0.2, 0.25) is 23.3 Å². The topological polar surface area (TPSA) is 150 Å². The van der Waals surface area contributed by atoms with Gasteiger partial charge in [-0.05, 0) is 58.7 Å². The van der Waals surface area contributed by atoms with Crippen molar-refractivity contribution in [3.8, 4) is 34.5 Å². The third kappa shape index (κ3) is 4.33. The fraction of sp³-hybridized carbons (Fsp3) is 0.250. The van der Waals surface area contributed by atoms with Gasteiger partial charge >= 0.3 is 0 Å². The number of aromatic hydroxyl groups is 2. The number of carbonyl (C=O) groups is 2. The number of nitrogens with one attached hydrogen (secondary N) is 2. The summed E-state index contributed by atoms with van der Waals surface area (Å²) in [5, 5.41) is 23.6. The van der Waals surface area contributed by atoms with Crippen molar-refractivity contribution in [1.29, 1.82) is 0 Å². The SMILES string of the molecule is COc1cc([C@@H]2c3[nH]c4ccccc4c3C[C@H]3C(=O)N4[C@H](c5cc(OC)c(O)c(OC)c5)c5[nH]c6ccccc6c5C[C@H]4C(=O)N23)cc(OC)c1O. The molecule has 3 aliphatic rings. The van der Waals surface area contributed by atoms with Gasteiger partial charge in [-0.25, -0.2) is 0 Å². The molecule has 0 bridgehead atoms.